The fourth-order valence-electron chi connectivity index (χ4n) is 8.54. The van der Waals surface area contributed by atoms with Gasteiger partial charge in [-0.05, 0) is 85.2 Å². The molecule has 5 rings (SSSR count). The Bertz CT molecular complexity index is 869. The summed E-state index contributed by atoms with van der Waals surface area (Å²) in [6.07, 6.45) is 8.47. The van der Waals surface area contributed by atoms with Gasteiger partial charge in [0.2, 0.25) is 11.8 Å². The number of carbonyl (C=O) groups is 2. The molecule has 8 atom stereocenters. The number of piperidine rings is 1. The third-order valence-corrected chi connectivity index (χ3v) is 10.1. The van der Waals surface area contributed by atoms with Gasteiger partial charge in [0.25, 0.3) is 0 Å². The smallest absolute Gasteiger partial charge is 0.236 e. The molecule has 4 aliphatic rings. The molecular weight excluding hydrogens is 384 g/mol. The minimum atomic E-state index is -0.586. The van der Waals surface area contributed by atoms with Crippen molar-refractivity contribution in [3.63, 3.8) is 0 Å². The van der Waals surface area contributed by atoms with Gasteiger partial charge in [-0.3, -0.25) is 9.59 Å². The van der Waals surface area contributed by atoms with Crippen molar-refractivity contribution in [2.75, 3.05) is 12.4 Å². The van der Waals surface area contributed by atoms with E-state index in [0.717, 1.165) is 23.9 Å². The molecule has 1 saturated heterocycles. The number of para-hydroxylation sites is 1. The molecule has 3 saturated carbocycles. The molecular formula is C27H38N2O2. The molecule has 0 aromatic heterocycles. The summed E-state index contributed by atoms with van der Waals surface area (Å²) in [4.78, 5) is 28.5. The molecule has 3 unspecified atom stereocenters. The summed E-state index contributed by atoms with van der Waals surface area (Å²) in [7, 11) is 1.95. The second-order valence-electron chi connectivity index (χ2n) is 11.7. The first kappa shape index (κ1) is 21.0. The van der Waals surface area contributed by atoms with E-state index >= 15 is 0 Å². The molecule has 4 fully saturated rings. The Morgan fingerprint density at radius 3 is 2.58 bits per heavy atom. The Morgan fingerprint density at radius 1 is 1.10 bits per heavy atom. The van der Waals surface area contributed by atoms with Crippen LogP contribution < -0.4 is 5.32 Å². The highest BCUT2D eigenvalue weighted by atomic mass is 16.2. The number of carbonyl (C=O) groups excluding carboxylic acids is 2. The minimum absolute atomic E-state index is 0.00284. The van der Waals surface area contributed by atoms with E-state index in [1.807, 2.05) is 42.3 Å². The predicted molar refractivity (Wildman–Crippen MR) is 123 cm³/mol. The summed E-state index contributed by atoms with van der Waals surface area (Å²) >= 11 is 0. The molecule has 2 amide bonds. The lowest BCUT2D eigenvalue weighted by atomic mass is 9.44. The Morgan fingerprint density at radius 2 is 1.84 bits per heavy atom. The number of fused-ring (bicyclic) bond motifs is 5. The Kier molecular flexibility index (Phi) is 4.99. The van der Waals surface area contributed by atoms with Gasteiger partial charge in [0.1, 0.15) is 5.92 Å². The number of benzene rings is 1. The fourth-order valence-corrected chi connectivity index (χ4v) is 8.54. The van der Waals surface area contributed by atoms with Crippen LogP contribution in [0.2, 0.25) is 0 Å². The van der Waals surface area contributed by atoms with Crippen LogP contribution in [-0.2, 0) is 9.59 Å². The summed E-state index contributed by atoms with van der Waals surface area (Å²) in [5.41, 5.74) is 1.30. The van der Waals surface area contributed by atoms with Crippen LogP contribution in [0.5, 0.6) is 0 Å². The molecule has 1 aromatic rings. The second kappa shape index (κ2) is 7.35. The molecule has 0 bridgehead atoms. The van der Waals surface area contributed by atoms with Gasteiger partial charge in [-0.25, -0.2) is 0 Å². The van der Waals surface area contributed by atoms with Gasteiger partial charge in [0.05, 0.1) is 0 Å². The van der Waals surface area contributed by atoms with Crippen molar-refractivity contribution >= 4 is 17.5 Å². The van der Waals surface area contributed by atoms with E-state index in [1.165, 1.54) is 32.1 Å². The van der Waals surface area contributed by atoms with Crippen LogP contribution in [0.25, 0.3) is 0 Å². The molecule has 4 nitrogen and oxygen atoms in total. The zero-order chi connectivity index (χ0) is 22.0. The van der Waals surface area contributed by atoms with Crippen molar-refractivity contribution in [2.24, 2.45) is 40.4 Å². The Hall–Kier alpha value is -1.84. The molecule has 4 heteroatoms. The topological polar surface area (TPSA) is 49.4 Å². The van der Waals surface area contributed by atoms with Gasteiger partial charge in [-0.2, -0.15) is 0 Å². The van der Waals surface area contributed by atoms with Crippen LogP contribution in [0.3, 0.4) is 0 Å². The first-order valence-corrected chi connectivity index (χ1v) is 12.4. The molecule has 1 N–H and O–H groups in total. The van der Waals surface area contributed by atoms with Crippen LogP contribution in [0, 0.1) is 40.4 Å². The minimum Gasteiger partial charge on any atom is -0.342 e. The van der Waals surface area contributed by atoms with Gasteiger partial charge in [0, 0.05) is 18.8 Å². The lowest BCUT2D eigenvalue weighted by molar-refractivity contribution is -0.175. The van der Waals surface area contributed by atoms with E-state index < -0.39 is 5.92 Å². The third-order valence-electron chi connectivity index (χ3n) is 10.1. The number of nitrogens with one attached hydrogen (secondary N) is 1. The number of nitrogens with zero attached hydrogens (tertiary/aromatic N) is 1. The number of hydrogen-bond donors (Lipinski definition) is 1. The maximum Gasteiger partial charge on any atom is 0.236 e. The quantitative estimate of drug-likeness (QED) is 0.653. The van der Waals surface area contributed by atoms with Crippen molar-refractivity contribution < 1.29 is 9.59 Å². The maximum atomic E-state index is 13.3. The summed E-state index contributed by atoms with van der Waals surface area (Å²) < 4.78 is 0. The van der Waals surface area contributed by atoms with E-state index in [4.69, 9.17) is 0 Å². The van der Waals surface area contributed by atoms with Crippen molar-refractivity contribution in [1.82, 2.24) is 4.90 Å². The van der Waals surface area contributed by atoms with Crippen molar-refractivity contribution in [2.45, 2.75) is 71.8 Å². The molecule has 168 valence electrons. The first-order valence-electron chi connectivity index (χ1n) is 12.4. The van der Waals surface area contributed by atoms with Gasteiger partial charge < -0.3 is 10.2 Å². The largest absolute Gasteiger partial charge is 0.342 e. The number of amides is 2. The zero-order valence-electron chi connectivity index (χ0n) is 19.6. The SMILES string of the molecule is CC1CC2N(C)C(=O)C(C(=O)Nc3ccccc3)C[C@]2(C)[C@@H]2CC[C@]3(C)CCC[C@H]3[C@H]12. The molecule has 0 radical (unpaired) electrons. The summed E-state index contributed by atoms with van der Waals surface area (Å²) in [5.74, 6) is 2.09. The average Bonchev–Trinajstić information content (AvgIpc) is 3.15. The monoisotopic (exact) mass is 422 g/mol. The predicted octanol–water partition coefficient (Wildman–Crippen LogP) is 5.35. The van der Waals surface area contributed by atoms with Crippen LogP contribution >= 0.6 is 0 Å². The lowest BCUT2D eigenvalue weighted by Gasteiger charge is -2.64. The summed E-state index contributed by atoms with van der Waals surface area (Å²) in [6, 6.07) is 9.79. The summed E-state index contributed by atoms with van der Waals surface area (Å²) in [6.45, 7) is 7.38. The van der Waals surface area contributed by atoms with Gasteiger partial charge in [0.15, 0.2) is 0 Å². The molecule has 1 aliphatic heterocycles. The van der Waals surface area contributed by atoms with Crippen LogP contribution in [-0.4, -0.2) is 29.8 Å². The van der Waals surface area contributed by atoms with Crippen molar-refractivity contribution in [1.29, 1.82) is 0 Å². The van der Waals surface area contributed by atoms with E-state index in [-0.39, 0.29) is 23.3 Å². The second-order valence-corrected chi connectivity index (χ2v) is 11.7. The lowest BCUT2D eigenvalue weighted by Crippen LogP contribution is -2.65. The van der Waals surface area contributed by atoms with Crippen molar-refractivity contribution in [3.8, 4) is 0 Å². The number of likely N-dealkylation sites (tertiary alicyclic amines) is 1. The zero-order valence-corrected chi connectivity index (χ0v) is 19.6. The van der Waals surface area contributed by atoms with Crippen LogP contribution in [0.4, 0.5) is 5.69 Å². The average molecular weight is 423 g/mol. The third kappa shape index (κ3) is 3.15. The number of anilines is 1. The highest BCUT2D eigenvalue weighted by molar-refractivity contribution is 6.07. The van der Waals surface area contributed by atoms with Gasteiger partial charge in [-0.1, -0.05) is 45.4 Å². The molecule has 1 aromatic carbocycles. The van der Waals surface area contributed by atoms with E-state index in [2.05, 4.69) is 26.1 Å². The van der Waals surface area contributed by atoms with E-state index in [0.29, 0.717) is 23.7 Å². The Balaban J connectivity index is 1.45. The number of rotatable bonds is 2. The highest BCUT2D eigenvalue weighted by Crippen LogP contribution is 2.66. The molecule has 31 heavy (non-hydrogen) atoms. The maximum absolute atomic E-state index is 13.3. The number of hydrogen-bond acceptors (Lipinski definition) is 2. The molecule has 0 spiro atoms. The van der Waals surface area contributed by atoms with Crippen molar-refractivity contribution in [3.05, 3.63) is 30.3 Å². The summed E-state index contributed by atoms with van der Waals surface area (Å²) in [5, 5.41) is 3.01. The molecule has 1 heterocycles. The van der Waals surface area contributed by atoms with Crippen LogP contribution in [0.1, 0.15) is 65.7 Å². The highest BCUT2D eigenvalue weighted by Gasteiger charge is 2.62. The van der Waals surface area contributed by atoms with Crippen LogP contribution in [0.15, 0.2) is 30.3 Å². The standard InChI is InChI=1S/C27H38N2O2/c1-17-15-22-27(3,21-12-14-26(2)13-8-11-20(26)23(17)21)16-19(25(31)29(22)4)24(30)28-18-9-6-5-7-10-18/h5-7,9-10,17,19-23H,8,11-16H2,1-4H3,(H,28,30)/t17?,19?,20-,21+,22?,23-,26-,27+/m0/s1. The first-order chi connectivity index (χ1) is 14.7. The fraction of sp³-hybridized carbons (Fsp3) is 0.704. The van der Waals surface area contributed by atoms with Gasteiger partial charge in [-0.15, -0.1) is 0 Å². The van der Waals surface area contributed by atoms with Gasteiger partial charge >= 0.3 is 0 Å². The van der Waals surface area contributed by atoms with E-state index in [9.17, 15) is 9.59 Å². The normalized spacial score (nSPS) is 44.3. The molecule has 3 aliphatic carbocycles. The Labute approximate surface area is 187 Å². The van der Waals surface area contributed by atoms with E-state index in [1.54, 1.807) is 0 Å².